The molecule has 5 nitrogen and oxygen atoms in total. The summed E-state index contributed by atoms with van der Waals surface area (Å²) in [6.45, 7) is 1.83. The number of hydrogen-bond acceptors (Lipinski definition) is 3. The van der Waals surface area contributed by atoms with E-state index in [1.54, 1.807) is 24.3 Å². The Kier molecular flexibility index (Phi) is 8.69. The van der Waals surface area contributed by atoms with Gasteiger partial charge in [0.2, 0.25) is 15.9 Å². The first-order chi connectivity index (χ1) is 14.9. The van der Waals surface area contributed by atoms with Crippen molar-refractivity contribution in [1.29, 1.82) is 0 Å². The number of nitrogens with zero attached hydrogens (tertiary/aromatic N) is 1. The van der Waals surface area contributed by atoms with Gasteiger partial charge < -0.3 is 5.32 Å². The zero-order valence-electron chi connectivity index (χ0n) is 18.0. The van der Waals surface area contributed by atoms with Crippen LogP contribution in [0.1, 0.15) is 51.0 Å². The molecule has 1 aliphatic carbocycles. The fourth-order valence-electron chi connectivity index (χ4n) is 4.08. The van der Waals surface area contributed by atoms with Crippen LogP contribution in [0.2, 0.25) is 0 Å². The molecule has 0 heterocycles. The molecule has 0 aromatic heterocycles. The lowest BCUT2D eigenvalue weighted by atomic mass is 9.95. The summed E-state index contributed by atoms with van der Waals surface area (Å²) in [6, 6.07) is 16.6. The maximum Gasteiger partial charge on any atom is 0.243 e. The van der Waals surface area contributed by atoms with Gasteiger partial charge in [0.15, 0.2) is 0 Å². The summed E-state index contributed by atoms with van der Waals surface area (Å²) in [5.41, 5.74) is 1.23. The Hall–Kier alpha value is -1.70. The van der Waals surface area contributed by atoms with E-state index in [1.807, 2.05) is 25.1 Å². The van der Waals surface area contributed by atoms with Crippen LogP contribution >= 0.6 is 15.9 Å². The number of carbonyl (C=O) groups is 1. The summed E-state index contributed by atoms with van der Waals surface area (Å²) in [5.74, 6) is -0.244. The summed E-state index contributed by atoms with van der Waals surface area (Å²) in [7, 11) is -3.75. The quantitative estimate of drug-likeness (QED) is 0.525. The fraction of sp³-hybridized carbons (Fsp3) is 0.458. The minimum atomic E-state index is -3.75. The second-order valence-corrected chi connectivity index (χ2v) is 11.1. The van der Waals surface area contributed by atoms with Crippen LogP contribution in [0.4, 0.5) is 0 Å². The fourth-order valence-corrected chi connectivity index (χ4v) is 5.99. The van der Waals surface area contributed by atoms with Crippen molar-refractivity contribution in [2.45, 2.75) is 68.8 Å². The number of halogens is 1. The molecular weight excluding hydrogens is 476 g/mol. The van der Waals surface area contributed by atoms with Crippen molar-refractivity contribution < 1.29 is 13.2 Å². The monoisotopic (exact) mass is 506 g/mol. The molecule has 168 valence electrons. The molecule has 31 heavy (non-hydrogen) atoms. The molecule has 3 rings (SSSR count). The second-order valence-electron chi connectivity index (χ2n) is 8.29. The van der Waals surface area contributed by atoms with E-state index in [1.165, 1.54) is 9.87 Å². The Morgan fingerprint density at radius 3 is 2.35 bits per heavy atom. The van der Waals surface area contributed by atoms with Crippen LogP contribution in [-0.2, 0) is 21.2 Å². The van der Waals surface area contributed by atoms with E-state index in [9.17, 15) is 13.2 Å². The lowest BCUT2D eigenvalue weighted by Crippen LogP contribution is -2.48. The molecule has 7 heteroatoms. The zero-order chi connectivity index (χ0) is 22.3. The van der Waals surface area contributed by atoms with Crippen molar-refractivity contribution in [3.63, 3.8) is 0 Å². The predicted octanol–water partition coefficient (Wildman–Crippen LogP) is 4.91. The van der Waals surface area contributed by atoms with Crippen molar-refractivity contribution in [1.82, 2.24) is 9.62 Å². The molecular formula is C24H31BrN2O3S. The second kappa shape index (κ2) is 11.2. The van der Waals surface area contributed by atoms with Crippen LogP contribution in [0.5, 0.6) is 0 Å². The average molecular weight is 507 g/mol. The molecule has 2 aromatic carbocycles. The maximum absolute atomic E-state index is 13.4. The van der Waals surface area contributed by atoms with Crippen LogP contribution in [0, 0.1) is 0 Å². The average Bonchev–Trinajstić information content (AvgIpc) is 2.77. The van der Waals surface area contributed by atoms with Crippen molar-refractivity contribution in [3.05, 3.63) is 64.6 Å². The first-order valence-electron chi connectivity index (χ1n) is 11.0. The standard InChI is InChI=1S/C24H31BrN2O3S/c1-19(12-13-20-8-4-2-5-9-20)26-24(28)18-27(22-10-6-3-7-11-22)31(29,30)23-16-14-21(25)15-17-23/h2,4-5,8-9,14-17,19,22H,3,6-7,10-13,18H2,1H3,(H,26,28)/t19-/m0/s1. The van der Waals surface area contributed by atoms with Gasteiger partial charge >= 0.3 is 0 Å². The molecule has 0 radical (unpaired) electrons. The number of rotatable bonds is 9. The van der Waals surface area contributed by atoms with Gasteiger partial charge in [-0.1, -0.05) is 65.5 Å². The van der Waals surface area contributed by atoms with Gasteiger partial charge in [-0.25, -0.2) is 8.42 Å². The molecule has 1 saturated carbocycles. The molecule has 0 bridgehead atoms. The number of sulfonamides is 1. The van der Waals surface area contributed by atoms with Crippen molar-refractivity contribution in [3.8, 4) is 0 Å². The minimum absolute atomic E-state index is 0.0312. The Bertz CT molecular complexity index is 943. The van der Waals surface area contributed by atoms with Crippen molar-refractivity contribution in [2.24, 2.45) is 0 Å². The number of hydrogen-bond donors (Lipinski definition) is 1. The smallest absolute Gasteiger partial charge is 0.243 e. The molecule has 1 N–H and O–H groups in total. The largest absolute Gasteiger partial charge is 0.352 e. The van der Waals surface area contributed by atoms with Gasteiger partial charge in [-0.3, -0.25) is 4.79 Å². The SMILES string of the molecule is C[C@@H](CCc1ccccc1)NC(=O)CN(C1CCCCC1)S(=O)(=O)c1ccc(Br)cc1. The number of carbonyl (C=O) groups excluding carboxylic acids is 1. The minimum Gasteiger partial charge on any atom is -0.352 e. The van der Waals surface area contributed by atoms with E-state index >= 15 is 0 Å². The van der Waals surface area contributed by atoms with E-state index in [4.69, 9.17) is 0 Å². The third kappa shape index (κ3) is 6.89. The lowest BCUT2D eigenvalue weighted by molar-refractivity contribution is -0.122. The number of amides is 1. The van der Waals surface area contributed by atoms with Gasteiger partial charge in [0.05, 0.1) is 11.4 Å². The van der Waals surface area contributed by atoms with Crippen LogP contribution in [0.3, 0.4) is 0 Å². The van der Waals surface area contributed by atoms with E-state index in [-0.39, 0.29) is 29.4 Å². The Morgan fingerprint density at radius 2 is 1.71 bits per heavy atom. The zero-order valence-corrected chi connectivity index (χ0v) is 20.4. The normalized spacial score (nSPS) is 16.2. The van der Waals surface area contributed by atoms with Gasteiger partial charge in [-0.15, -0.1) is 0 Å². The van der Waals surface area contributed by atoms with Crippen LogP contribution < -0.4 is 5.32 Å². The highest BCUT2D eigenvalue weighted by atomic mass is 79.9. The summed E-state index contributed by atoms with van der Waals surface area (Å²) < 4.78 is 29.1. The number of aryl methyl sites for hydroxylation is 1. The van der Waals surface area contributed by atoms with Gasteiger partial charge in [0, 0.05) is 16.6 Å². The summed E-state index contributed by atoms with van der Waals surface area (Å²) in [4.78, 5) is 13.1. The molecule has 0 aliphatic heterocycles. The topological polar surface area (TPSA) is 66.5 Å². The van der Waals surface area contributed by atoms with E-state index < -0.39 is 10.0 Å². The summed E-state index contributed by atoms with van der Waals surface area (Å²) in [6.07, 6.45) is 6.37. The Labute approximate surface area is 194 Å². The summed E-state index contributed by atoms with van der Waals surface area (Å²) >= 11 is 3.35. The predicted molar refractivity (Wildman–Crippen MR) is 127 cm³/mol. The first kappa shape index (κ1) is 24.0. The highest BCUT2D eigenvalue weighted by Gasteiger charge is 2.34. The first-order valence-corrected chi connectivity index (χ1v) is 13.2. The van der Waals surface area contributed by atoms with Gasteiger partial charge in [0.1, 0.15) is 0 Å². The molecule has 0 saturated heterocycles. The lowest BCUT2D eigenvalue weighted by Gasteiger charge is -2.33. The maximum atomic E-state index is 13.4. The molecule has 0 unspecified atom stereocenters. The van der Waals surface area contributed by atoms with Crippen molar-refractivity contribution in [2.75, 3.05) is 6.54 Å². The van der Waals surface area contributed by atoms with Gasteiger partial charge in [-0.2, -0.15) is 4.31 Å². The third-order valence-electron chi connectivity index (χ3n) is 5.82. The molecule has 0 spiro atoms. The van der Waals surface area contributed by atoms with Crippen molar-refractivity contribution >= 4 is 31.9 Å². The van der Waals surface area contributed by atoms with E-state index in [0.29, 0.717) is 0 Å². The molecule has 1 fully saturated rings. The third-order valence-corrected chi connectivity index (χ3v) is 8.26. The Balaban J connectivity index is 1.67. The highest BCUT2D eigenvalue weighted by Crippen LogP contribution is 2.28. The molecule has 1 aliphatic rings. The Morgan fingerprint density at radius 1 is 1.06 bits per heavy atom. The molecule has 2 aromatic rings. The summed E-state index contributed by atoms with van der Waals surface area (Å²) in [5, 5.41) is 3.00. The number of nitrogens with one attached hydrogen (secondary N) is 1. The van der Waals surface area contributed by atoms with Crippen LogP contribution in [0.25, 0.3) is 0 Å². The van der Waals surface area contributed by atoms with Gasteiger partial charge in [-0.05, 0) is 62.4 Å². The highest BCUT2D eigenvalue weighted by molar-refractivity contribution is 9.10. The van der Waals surface area contributed by atoms with E-state index in [2.05, 4.69) is 33.4 Å². The number of benzene rings is 2. The van der Waals surface area contributed by atoms with Crippen LogP contribution in [-0.4, -0.2) is 37.3 Å². The molecule has 1 amide bonds. The van der Waals surface area contributed by atoms with E-state index in [0.717, 1.165) is 49.4 Å². The van der Waals surface area contributed by atoms with Crippen LogP contribution in [0.15, 0.2) is 64.0 Å². The molecule has 1 atom stereocenters. The van der Waals surface area contributed by atoms with Gasteiger partial charge in [0.25, 0.3) is 0 Å².